The number of rotatable bonds is 4. The fourth-order valence-electron chi connectivity index (χ4n) is 2.54. The molecule has 0 saturated carbocycles. The second kappa shape index (κ2) is 6.39. The van der Waals surface area contributed by atoms with Crippen LogP contribution in [0.25, 0.3) is 11.3 Å². The zero-order valence-corrected chi connectivity index (χ0v) is 12.1. The van der Waals surface area contributed by atoms with Gasteiger partial charge in [0.25, 0.3) is 0 Å². The normalized spacial score (nSPS) is 23.3. The lowest BCUT2D eigenvalue weighted by Crippen LogP contribution is -2.48. The van der Waals surface area contributed by atoms with Crippen molar-refractivity contribution in [1.29, 1.82) is 0 Å². The van der Waals surface area contributed by atoms with Crippen LogP contribution >= 0.6 is 0 Å². The van der Waals surface area contributed by atoms with E-state index in [0.717, 1.165) is 17.0 Å². The molecule has 1 fully saturated rings. The van der Waals surface area contributed by atoms with E-state index in [4.69, 9.17) is 9.26 Å². The molecule has 21 heavy (non-hydrogen) atoms. The van der Waals surface area contributed by atoms with Crippen molar-refractivity contribution in [3.8, 4) is 11.3 Å². The molecule has 1 aromatic carbocycles. The maximum absolute atomic E-state index is 9.23. The number of ether oxygens (including phenoxy) is 1. The molecule has 1 aliphatic heterocycles. The fourth-order valence-corrected chi connectivity index (χ4v) is 2.54. The Morgan fingerprint density at radius 2 is 2.14 bits per heavy atom. The first-order chi connectivity index (χ1) is 10.3. The van der Waals surface area contributed by atoms with Crippen molar-refractivity contribution in [3.63, 3.8) is 0 Å². The number of hydrogen-bond acceptors (Lipinski definition) is 5. The van der Waals surface area contributed by atoms with Crippen molar-refractivity contribution in [2.75, 3.05) is 19.8 Å². The average molecular weight is 288 g/mol. The van der Waals surface area contributed by atoms with E-state index < -0.39 is 0 Å². The monoisotopic (exact) mass is 288 g/mol. The first-order valence-corrected chi connectivity index (χ1v) is 7.24. The van der Waals surface area contributed by atoms with Crippen LogP contribution in [0.15, 0.2) is 40.9 Å². The molecule has 2 heterocycles. The molecule has 5 heteroatoms. The highest BCUT2D eigenvalue weighted by Gasteiger charge is 2.26. The number of nitrogens with zero attached hydrogens (tertiary/aromatic N) is 2. The molecular formula is C16H20N2O3. The average Bonchev–Trinajstić information content (AvgIpc) is 2.99. The summed E-state index contributed by atoms with van der Waals surface area (Å²) < 4.78 is 11.0. The molecule has 2 unspecified atom stereocenters. The molecule has 0 amide bonds. The van der Waals surface area contributed by atoms with E-state index in [2.05, 4.69) is 17.0 Å². The van der Waals surface area contributed by atoms with Gasteiger partial charge >= 0.3 is 0 Å². The van der Waals surface area contributed by atoms with E-state index in [1.807, 2.05) is 36.4 Å². The molecule has 2 atom stereocenters. The lowest BCUT2D eigenvalue weighted by Gasteiger charge is -2.36. The molecule has 0 spiro atoms. The van der Waals surface area contributed by atoms with Crippen molar-refractivity contribution >= 4 is 0 Å². The fraction of sp³-hybridized carbons (Fsp3) is 0.438. The van der Waals surface area contributed by atoms with Crippen LogP contribution in [0.5, 0.6) is 0 Å². The summed E-state index contributed by atoms with van der Waals surface area (Å²) in [5.74, 6) is 0.783. The summed E-state index contributed by atoms with van der Waals surface area (Å²) in [5.41, 5.74) is 1.93. The highest BCUT2D eigenvalue weighted by molar-refractivity contribution is 5.56. The van der Waals surface area contributed by atoms with Crippen molar-refractivity contribution in [2.24, 2.45) is 0 Å². The number of aliphatic hydroxyl groups is 1. The Bertz CT molecular complexity index is 570. The van der Waals surface area contributed by atoms with Gasteiger partial charge in [-0.3, -0.25) is 4.90 Å². The minimum atomic E-state index is -0.110. The summed E-state index contributed by atoms with van der Waals surface area (Å²) in [6.07, 6.45) is -0.110. The van der Waals surface area contributed by atoms with E-state index in [9.17, 15) is 5.11 Å². The highest BCUT2D eigenvalue weighted by Crippen LogP contribution is 2.21. The SMILES string of the molecule is CC1COC(CO)CN1Cc1cc(-c2ccccc2)on1. The van der Waals surface area contributed by atoms with Gasteiger partial charge in [-0.1, -0.05) is 35.5 Å². The van der Waals surface area contributed by atoms with E-state index in [-0.39, 0.29) is 12.7 Å². The largest absolute Gasteiger partial charge is 0.394 e. The highest BCUT2D eigenvalue weighted by atomic mass is 16.5. The predicted octanol–water partition coefficient (Wildman–Crippen LogP) is 1.92. The lowest BCUT2D eigenvalue weighted by molar-refractivity contribution is -0.0810. The van der Waals surface area contributed by atoms with E-state index in [1.165, 1.54) is 0 Å². The number of morpholine rings is 1. The van der Waals surface area contributed by atoms with Crippen LogP contribution < -0.4 is 0 Å². The van der Waals surface area contributed by atoms with Gasteiger partial charge in [0.15, 0.2) is 5.76 Å². The second-order valence-corrected chi connectivity index (χ2v) is 5.46. The molecule has 1 saturated heterocycles. The van der Waals surface area contributed by atoms with Gasteiger partial charge in [-0.25, -0.2) is 0 Å². The van der Waals surface area contributed by atoms with Crippen LogP contribution in [0.2, 0.25) is 0 Å². The Morgan fingerprint density at radius 3 is 2.90 bits per heavy atom. The zero-order valence-electron chi connectivity index (χ0n) is 12.1. The van der Waals surface area contributed by atoms with Gasteiger partial charge in [-0.2, -0.15) is 0 Å². The molecule has 0 aliphatic carbocycles. The van der Waals surface area contributed by atoms with Gasteiger partial charge in [-0.15, -0.1) is 0 Å². The van der Waals surface area contributed by atoms with E-state index >= 15 is 0 Å². The van der Waals surface area contributed by atoms with Crippen molar-refractivity contribution < 1.29 is 14.4 Å². The van der Waals surface area contributed by atoms with Gasteiger partial charge < -0.3 is 14.4 Å². The first-order valence-electron chi connectivity index (χ1n) is 7.24. The maximum Gasteiger partial charge on any atom is 0.167 e. The van der Waals surface area contributed by atoms with Crippen molar-refractivity contribution in [1.82, 2.24) is 10.1 Å². The minimum Gasteiger partial charge on any atom is -0.394 e. The maximum atomic E-state index is 9.23. The third kappa shape index (κ3) is 3.32. The Labute approximate surface area is 124 Å². The second-order valence-electron chi connectivity index (χ2n) is 5.46. The van der Waals surface area contributed by atoms with Gasteiger partial charge in [-0.05, 0) is 6.92 Å². The molecule has 0 bridgehead atoms. The quantitative estimate of drug-likeness (QED) is 0.931. The van der Waals surface area contributed by atoms with Gasteiger partial charge in [0.1, 0.15) is 0 Å². The Hall–Kier alpha value is -1.69. The first kappa shape index (κ1) is 14.3. The summed E-state index contributed by atoms with van der Waals surface area (Å²) in [4.78, 5) is 2.26. The van der Waals surface area contributed by atoms with Crippen LogP contribution in [-0.4, -0.2) is 47.1 Å². The van der Waals surface area contributed by atoms with Crippen LogP contribution in [0, 0.1) is 0 Å². The number of hydrogen-bond donors (Lipinski definition) is 1. The molecule has 1 aromatic heterocycles. The summed E-state index contributed by atoms with van der Waals surface area (Å²) in [6.45, 7) is 4.22. The molecule has 2 aromatic rings. The standard InChI is InChI=1S/C16H20N2O3/c1-12-11-20-15(10-19)9-18(12)8-14-7-16(21-17-14)13-5-3-2-4-6-13/h2-7,12,15,19H,8-11H2,1H3. The Kier molecular flexibility index (Phi) is 4.34. The number of benzene rings is 1. The molecule has 3 rings (SSSR count). The van der Waals surface area contributed by atoms with Gasteiger partial charge in [0.05, 0.1) is 25.0 Å². The number of aromatic nitrogens is 1. The third-order valence-electron chi connectivity index (χ3n) is 3.82. The summed E-state index contributed by atoms with van der Waals surface area (Å²) >= 11 is 0. The van der Waals surface area contributed by atoms with Crippen LogP contribution in [0.4, 0.5) is 0 Å². The van der Waals surface area contributed by atoms with Crippen molar-refractivity contribution in [2.45, 2.75) is 25.6 Å². The number of aliphatic hydroxyl groups excluding tert-OH is 1. The summed E-state index contributed by atoms with van der Waals surface area (Å²) in [5, 5.41) is 13.4. The van der Waals surface area contributed by atoms with Gasteiger partial charge in [0.2, 0.25) is 0 Å². The summed E-state index contributed by atoms with van der Waals surface area (Å²) in [7, 11) is 0. The molecular weight excluding hydrogens is 268 g/mol. The predicted molar refractivity (Wildman–Crippen MR) is 78.6 cm³/mol. The molecule has 5 nitrogen and oxygen atoms in total. The Morgan fingerprint density at radius 1 is 1.33 bits per heavy atom. The summed E-state index contributed by atoms with van der Waals surface area (Å²) in [6, 6.07) is 12.2. The minimum absolute atomic E-state index is 0.0529. The molecule has 112 valence electrons. The Balaban J connectivity index is 1.69. The van der Waals surface area contributed by atoms with Gasteiger partial charge in [0, 0.05) is 30.8 Å². The zero-order chi connectivity index (χ0) is 14.7. The third-order valence-corrected chi connectivity index (χ3v) is 3.82. The lowest BCUT2D eigenvalue weighted by atomic mass is 10.1. The molecule has 0 radical (unpaired) electrons. The van der Waals surface area contributed by atoms with Crippen LogP contribution in [0.1, 0.15) is 12.6 Å². The van der Waals surface area contributed by atoms with Crippen molar-refractivity contribution in [3.05, 3.63) is 42.1 Å². The van der Waals surface area contributed by atoms with Crippen LogP contribution in [-0.2, 0) is 11.3 Å². The molecule has 1 N–H and O–H groups in total. The molecule has 1 aliphatic rings. The van der Waals surface area contributed by atoms with E-state index in [1.54, 1.807) is 0 Å². The van der Waals surface area contributed by atoms with E-state index in [0.29, 0.717) is 25.7 Å². The smallest absolute Gasteiger partial charge is 0.167 e. The van der Waals surface area contributed by atoms with Crippen LogP contribution in [0.3, 0.4) is 0 Å². The topological polar surface area (TPSA) is 58.7 Å².